The third-order valence-electron chi connectivity index (χ3n) is 4.67. The molecule has 0 bridgehead atoms. The summed E-state index contributed by atoms with van der Waals surface area (Å²) in [6, 6.07) is 16.1. The first-order chi connectivity index (χ1) is 14.5. The zero-order chi connectivity index (χ0) is 21.3. The molecule has 0 saturated carbocycles. The van der Waals surface area contributed by atoms with E-state index in [1.165, 1.54) is 4.80 Å². The number of para-hydroxylation sites is 1. The first-order valence-corrected chi connectivity index (χ1v) is 9.54. The Morgan fingerprint density at radius 3 is 2.53 bits per heavy atom. The van der Waals surface area contributed by atoms with Crippen LogP contribution >= 0.6 is 11.6 Å². The molecular weight excluding hydrogens is 404 g/mol. The first kappa shape index (κ1) is 19.7. The van der Waals surface area contributed by atoms with Gasteiger partial charge in [-0.1, -0.05) is 23.7 Å². The van der Waals surface area contributed by atoms with Gasteiger partial charge in [-0.2, -0.15) is 4.80 Å². The number of nitrogens with zero attached hydrogens (tertiary/aromatic N) is 3. The van der Waals surface area contributed by atoms with Gasteiger partial charge in [-0.15, -0.1) is 10.2 Å². The third-order valence-corrected chi connectivity index (χ3v) is 4.96. The summed E-state index contributed by atoms with van der Waals surface area (Å²) in [6.45, 7) is 1.89. The van der Waals surface area contributed by atoms with Crippen LogP contribution in [0.5, 0.6) is 11.5 Å². The maximum Gasteiger partial charge on any atom is 0.259 e. The van der Waals surface area contributed by atoms with Crippen molar-refractivity contribution in [3.8, 4) is 17.2 Å². The molecule has 152 valence electrons. The number of carbonyl (C=O) groups is 1. The number of amides is 1. The number of carbonyl (C=O) groups excluding carboxylic acids is 1. The summed E-state index contributed by atoms with van der Waals surface area (Å²) in [5.41, 5.74) is 3.99. The molecule has 0 aliphatic carbocycles. The Balaban J connectivity index is 1.62. The average molecular weight is 423 g/mol. The number of aromatic nitrogens is 3. The van der Waals surface area contributed by atoms with E-state index in [-0.39, 0.29) is 5.91 Å². The summed E-state index contributed by atoms with van der Waals surface area (Å²) in [7, 11) is 3.11. The molecule has 1 aromatic heterocycles. The van der Waals surface area contributed by atoms with Crippen LogP contribution in [0.1, 0.15) is 15.9 Å². The zero-order valence-corrected chi connectivity index (χ0v) is 17.4. The van der Waals surface area contributed by atoms with Gasteiger partial charge in [0.2, 0.25) is 0 Å². The van der Waals surface area contributed by atoms with E-state index in [1.807, 2.05) is 25.1 Å². The van der Waals surface area contributed by atoms with Crippen molar-refractivity contribution in [3.05, 3.63) is 70.7 Å². The standard InChI is InChI=1S/C22H19ClN4O3/c1-13-5-4-6-16(21(13)30-3)22(28)24-14-7-9-18-19(11-14)26-27(25-18)15-8-10-20(29-2)17(23)12-15/h4-12H,1-3H3,(H,24,28). The maximum absolute atomic E-state index is 12.7. The van der Waals surface area contributed by atoms with Gasteiger partial charge in [0.05, 0.1) is 30.5 Å². The van der Waals surface area contributed by atoms with E-state index in [4.69, 9.17) is 21.1 Å². The predicted octanol–water partition coefficient (Wildman–Crippen LogP) is 4.65. The van der Waals surface area contributed by atoms with E-state index in [0.717, 1.165) is 5.56 Å². The number of benzene rings is 3. The lowest BCUT2D eigenvalue weighted by Crippen LogP contribution is -2.13. The number of nitrogens with one attached hydrogen (secondary N) is 1. The monoisotopic (exact) mass is 422 g/mol. The van der Waals surface area contributed by atoms with Gasteiger partial charge in [-0.25, -0.2) is 0 Å². The number of fused-ring (bicyclic) bond motifs is 1. The molecule has 0 atom stereocenters. The molecule has 4 rings (SSSR count). The van der Waals surface area contributed by atoms with Crippen LogP contribution in [0.15, 0.2) is 54.6 Å². The lowest BCUT2D eigenvalue weighted by atomic mass is 10.1. The molecule has 1 heterocycles. The molecule has 0 spiro atoms. The maximum atomic E-state index is 12.7. The number of ether oxygens (including phenoxy) is 2. The zero-order valence-electron chi connectivity index (χ0n) is 16.6. The Labute approximate surface area is 178 Å². The van der Waals surface area contributed by atoms with Crippen molar-refractivity contribution in [3.63, 3.8) is 0 Å². The van der Waals surface area contributed by atoms with Crippen molar-refractivity contribution in [1.29, 1.82) is 0 Å². The second-order valence-corrected chi connectivity index (χ2v) is 7.03. The summed E-state index contributed by atoms with van der Waals surface area (Å²) < 4.78 is 10.6. The van der Waals surface area contributed by atoms with E-state index < -0.39 is 0 Å². The molecule has 7 nitrogen and oxygen atoms in total. The predicted molar refractivity (Wildman–Crippen MR) is 116 cm³/mol. The van der Waals surface area contributed by atoms with Crippen LogP contribution in [0.3, 0.4) is 0 Å². The van der Waals surface area contributed by atoms with Gasteiger partial charge in [0.25, 0.3) is 5.91 Å². The molecule has 0 fully saturated rings. The van der Waals surface area contributed by atoms with Gasteiger partial charge in [-0.3, -0.25) is 4.79 Å². The van der Waals surface area contributed by atoms with Crippen LogP contribution in [0.2, 0.25) is 5.02 Å². The van der Waals surface area contributed by atoms with Crippen LogP contribution in [-0.4, -0.2) is 35.1 Å². The summed E-state index contributed by atoms with van der Waals surface area (Å²) in [4.78, 5) is 14.2. The second-order valence-electron chi connectivity index (χ2n) is 6.62. The molecule has 0 unspecified atom stereocenters. The molecule has 0 radical (unpaired) electrons. The van der Waals surface area contributed by atoms with Gasteiger partial charge < -0.3 is 14.8 Å². The summed E-state index contributed by atoms with van der Waals surface area (Å²) >= 11 is 6.20. The molecule has 0 aliphatic heterocycles. The van der Waals surface area contributed by atoms with Crippen LogP contribution in [0.25, 0.3) is 16.7 Å². The highest BCUT2D eigenvalue weighted by atomic mass is 35.5. The Kier molecular flexibility index (Phi) is 5.29. The van der Waals surface area contributed by atoms with Crippen molar-refractivity contribution in [1.82, 2.24) is 15.0 Å². The van der Waals surface area contributed by atoms with Crippen molar-refractivity contribution in [2.45, 2.75) is 6.92 Å². The van der Waals surface area contributed by atoms with E-state index in [1.54, 1.807) is 50.6 Å². The Morgan fingerprint density at radius 1 is 1.00 bits per heavy atom. The molecule has 4 aromatic rings. The number of hydrogen-bond acceptors (Lipinski definition) is 5. The van der Waals surface area contributed by atoms with E-state index in [0.29, 0.717) is 44.5 Å². The van der Waals surface area contributed by atoms with Gasteiger partial charge in [0.1, 0.15) is 22.5 Å². The molecule has 8 heteroatoms. The largest absolute Gasteiger partial charge is 0.496 e. The minimum absolute atomic E-state index is 0.260. The Hall–Kier alpha value is -3.58. The van der Waals surface area contributed by atoms with Crippen molar-refractivity contribution in [2.75, 3.05) is 19.5 Å². The summed E-state index contributed by atoms with van der Waals surface area (Å²) in [5, 5.41) is 12.3. The second kappa shape index (κ2) is 8.04. The highest BCUT2D eigenvalue weighted by molar-refractivity contribution is 6.32. The van der Waals surface area contributed by atoms with Gasteiger partial charge in [0, 0.05) is 5.69 Å². The van der Waals surface area contributed by atoms with E-state index in [9.17, 15) is 4.79 Å². The molecule has 1 N–H and O–H groups in total. The van der Waals surface area contributed by atoms with Crippen LogP contribution in [-0.2, 0) is 0 Å². The van der Waals surface area contributed by atoms with Crippen molar-refractivity contribution < 1.29 is 14.3 Å². The SMILES string of the molecule is COc1ccc(-n2nc3ccc(NC(=O)c4cccc(C)c4OC)cc3n2)cc1Cl. The molecule has 0 aliphatic rings. The minimum atomic E-state index is -0.260. The Morgan fingerprint density at radius 2 is 1.80 bits per heavy atom. The van der Waals surface area contributed by atoms with E-state index in [2.05, 4.69) is 15.5 Å². The third kappa shape index (κ3) is 3.67. The fourth-order valence-electron chi connectivity index (χ4n) is 3.19. The molecular formula is C22H19ClN4O3. The summed E-state index contributed by atoms with van der Waals surface area (Å²) in [5.74, 6) is 0.872. The fourth-order valence-corrected chi connectivity index (χ4v) is 3.44. The lowest BCUT2D eigenvalue weighted by Gasteiger charge is -2.11. The van der Waals surface area contributed by atoms with Gasteiger partial charge >= 0.3 is 0 Å². The Bertz CT molecular complexity index is 1250. The topological polar surface area (TPSA) is 78.3 Å². The number of anilines is 1. The summed E-state index contributed by atoms with van der Waals surface area (Å²) in [6.07, 6.45) is 0. The van der Waals surface area contributed by atoms with Gasteiger partial charge in [0.15, 0.2) is 0 Å². The lowest BCUT2D eigenvalue weighted by molar-refractivity contribution is 0.102. The van der Waals surface area contributed by atoms with E-state index >= 15 is 0 Å². The number of rotatable bonds is 5. The normalized spacial score (nSPS) is 10.8. The quantitative estimate of drug-likeness (QED) is 0.506. The molecule has 0 saturated heterocycles. The van der Waals surface area contributed by atoms with Crippen LogP contribution < -0.4 is 14.8 Å². The fraction of sp³-hybridized carbons (Fsp3) is 0.136. The number of hydrogen-bond donors (Lipinski definition) is 1. The van der Waals surface area contributed by atoms with Crippen LogP contribution in [0.4, 0.5) is 5.69 Å². The molecule has 30 heavy (non-hydrogen) atoms. The van der Waals surface area contributed by atoms with Crippen molar-refractivity contribution in [2.24, 2.45) is 0 Å². The first-order valence-electron chi connectivity index (χ1n) is 9.16. The highest BCUT2D eigenvalue weighted by Gasteiger charge is 2.15. The highest BCUT2D eigenvalue weighted by Crippen LogP contribution is 2.27. The average Bonchev–Trinajstić information content (AvgIpc) is 3.17. The number of methoxy groups -OCH3 is 2. The van der Waals surface area contributed by atoms with Crippen molar-refractivity contribution >= 4 is 34.2 Å². The molecule has 1 amide bonds. The minimum Gasteiger partial charge on any atom is -0.496 e. The number of halogens is 1. The number of aryl methyl sites for hydroxylation is 1. The van der Waals surface area contributed by atoms with Gasteiger partial charge in [-0.05, 0) is 55.0 Å². The van der Waals surface area contributed by atoms with Crippen LogP contribution in [0, 0.1) is 6.92 Å². The molecule has 3 aromatic carbocycles. The smallest absolute Gasteiger partial charge is 0.259 e.